The highest BCUT2D eigenvalue weighted by molar-refractivity contribution is 5.83. The number of ether oxygens (including phenoxy) is 1. The van der Waals surface area contributed by atoms with Crippen molar-refractivity contribution >= 4 is 40.3 Å². The number of carbonyl (C=O) groups excluding carboxylic acids is 1. The summed E-state index contributed by atoms with van der Waals surface area (Å²) in [4.78, 5) is 27.1. The fourth-order valence-electron chi connectivity index (χ4n) is 4.24. The molecule has 4 aromatic rings. The number of aromatic nitrogens is 5. The first-order chi connectivity index (χ1) is 17.8. The Balaban J connectivity index is 1.49. The predicted molar refractivity (Wildman–Crippen MR) is 136 cm³/mol. The number of hydrogen-bond donors (Lipinski definition) is 3. The van der Waals surface area contributed by atoms with E-state index in [-0.39, 0.29) is 28.6 Å². The lowest BCUT2D eigenvalue weighted by atomic mass is 10.2. The summed E-state index contributed by atoms with van der Waals surface area (Å²) in [6.45, 7) is 7.31. The van der Waals surface area contributed by atoms with Crippen LogP contribution in [0.25, 0.3) is 17.0 Å². The van der Waals surface area contributed by atoms with Gasteiger partial charge in [0, 0.05) is 62.4 Å². The molecule has 192 valence electrons. The number of piperazine rings is 1. The highest BCUT2D eigenvalue weighted by Crippen LogP contribution is 2.33. The third-order valence-electron chi connectivity index (χ3n) is 6.04. The van der Waals surface area contributed by atoms with E-state index in [2.05, 4.69) is 30.5 Å². The van der Waals surface area contributed by atoms with Gasteiger partial charge in [-0.25, -0.2) is 8.78 Å². The minimum atomic E-state index is -0.720. The van der Waals surface area contributed by atoms with Crippen molar-refractivity contribution in [2.75, 3.05) is 36.4 Å². The van der Waals surface area contributed by atoms with E-state index in [9.17, 15) is 9.18 Å². The summed E-state index contributed by atoms with van der Waals surface area (Å²) in [5.74, 6) is -0.316. The fourth-order valence-corrected chi connectivity index (χ4v) is 4.24. The molecule has 3 N–H and O–H groups in total. The maximum absolute atomic E-state index is 15.2. The molecule has 37 heavy (non-hydrogen) atoms. The van der Waals surface area contributed by atoms with E-state index < -0.39 is 11.6 Å². The van der Waals surface area contributed by atoms with Crippen molar-refractivity contribution in [3.8, 4) is 11.8 Å². The zero-order valence-electron chi connectivity index (χ0n) is 20.6. The van der Waals surface area contributed by atoms with Crippen molar-refractivity contribution in [3.63, 3.8) is 0 Å². The topological polar surface area (TPSA) is 115 Å². The van der Waals surface area contributed by atoms with Gasteiger partial charge in [-0.05, 0) is 26.0 Å². The summed E-state index contributed by atoms with van der Waals surface area (Å²) in [5, 5.41) is 10.3. The number of nitrogens with zero attached hydrogens (tertiary/aromatic N) is 5. The first kappa shape index (κ1) is 24.2. The molecule has 1 fully saturated rings. The third kappa shape index (κ3) is 5.08. The molecule has 1 aliphatic heterocycles. The minimum Gasteiger partial charge on any atom is -0.421 e. The van der Waals surface area contributed by atoms with Gasteiger partial charge in [0.1, 0.15) is 11.6 Å². The molecular formula is C25H26F2N8O2. The highest BCUT2D eigenvalue weighted by atomic mass is 19.1. The average Bonchev–Trinajstić information content (AvgIpc) is 3.49. The number of benzene rings is 1. The lowest BCUT2D eigenvalue weighted by Crippen LogP contribution is -2.48. The van der Waals surface area contributed by atoms with Crippen LogP contribution in [0.3, 0.4) is 0 Å². The van der Waals surface area contributed by atoms with Crippen molar-refractivity contribution in [1.29, 1.82) is 0 Å². The Hall–Kier alpha value is -4.48. The summed E-state index contributed by atoms with van der Waals surface area (Å²) in [5.41, 5.74) is 1.48. The molecule has 0 atom stereocenters. The quantitative estimate of drug-likeness (QED) is 0.351. The Bertz CT molecular complexity index is 1490. The maximum Gasteiger partial charge on any atom is 0.326 e. The number of aryl methyl sites for hydroxylation is 1. The van der Waals surface area contributed by atoms with E-state index in [0.717, 1.165) is 11.8 Å². The van der Waals surface area contributed by atoms with Gasteiger partial charge in [0.05, 0.1) is 11.2 Å². The fraction of sp³-hybridized carbons (Fsp3) is 0.280. The third-order valence-corrected chi connectivity index (χ3v) is 6.04. The van der Waals surface area contributed by atoms with Gasteiger partial charge in [-0.15, -0.1) is 0 Å². The molecule has 4 heterocycles. The predicted octanol–water partition coefficient (Wildman–Crippen LogP) is 4.51. The molecule has 1 aliphatic rings. The van der Waals surface area contributed by atoms with Crippen molar-refractivity contribution in [2.45, 2.75) is 20.8 Å². The van der Waals surface area contributed by atoms with E-state index in [1.54, 1.807) is 24.0 Å². The van der Waals surface area contributed by atoms with E-state index in [1.165, 1.54) is 13.0 Å². The van der Waals surface area contributed by atoms with Gasteiger partial charge in [0.15, 0.2) is 23.2 Å². The molecule has 1 saturated heterocycles. The van der Waals surface area contributed by atoms with E-state index in [0.29, 0.717) is 49.3 Å². The van der Waals surface area contributed by atoms with Crippen LogP contribution < -0.4 is 15.0 Å². The molecule has 3 aromatic heterocycles. The van der Waals surface area contributed by atoms with Gasteiger partial charge < -0.3 is 24.8 Å². The number of anilines is 3. The molecule has 0 bridgehead atoms. The first-order valence-corrected chi connectivity index (χ1v) is 11.8. The molecule has 12 heteroatoms. The standard InChI is InChI=1S/C25H26F2N8O2/c1-4-5-16-11-21(33-32-16)29-20-13-22(35-8-6-34(7-9-35)15(3)36)31-25(30-20)37-19-12-18(26)24-17(23(19)27)10-14(2)28-24/h4-5,10-13,28H,6-9H2,1-3H3,(H2,29,30,31,32,33)/b5-4+. The summed E-state index contributed by atoms with van der Waals surface area (Å²) in [6, 6.07) is 5.84. The first-order valence-electron chi connectivity index (χ1n) is 11.8. The largest absolute Gasteiger partial charge is 0.421 e. The molecule has 0 radical (unpaired) electrons. The number of aromatic amines is 2. The van der Waals surface area contributed by atoms with E-state index >= 15 is 4.39 Å². The van der Waals surface area contributed by atoms with Crippen molar-refractivity contribution in [2.24, 2.45) is 0 Å². The SMILES string of the molecule is C/C=C/c1cc(Nc2cc(N3CCN(C(C)=O)CC3)nc(Oc3cc(F)c4[nH]c(C)cc4c3F)n2)n[nH]1. The Morgan fingerprint density at radius 3 is 2.62 bits per heavy atom. The summed E-state index contributed by atoms with van der Waals surface area (Å²) < 4.78 is 35.6. The second-order valence-electron chi connectivity index (χ2n) is 8.73. The number of rotatable bonds is 6. The van der Waals surface area contributed by atoms with Crippen molar-refractivity contribution in [1.82, 2.24) is 30.0 Å². The minimum absolute atomic E-state index is 0.0112. The number of carbonyl (C=O) groups is 1. The zero-order valence-corrected chi connectivity index (χ0v) is 20.6. The Kier molecular flexibility index (Phi) is 6.47. The van der Waals surface area contributed by atoms with Crippen LogP contribution in [0.2, 0.25) is 0 Å². The second-order valence-corrected chi connectivity index (χ2v) is 8.73. The van der Waals surface area contributed by atoms with Gasteiger partial charge in [-0.3, -0.25) is 9.89 Å². The van der Waals surface area contributed by atoms with Gasteiger partial charge in [-0.1, -0.05) is 6.08 Å². The van der Waals surface area contributed by atoms with Crippen LogP contribution in [-0.2, 0) is 4.79 Å². The van der Waals surface area contributed by atoms with E-state index in [4.69, 9.17) is 4.74 Å². The van der Waals surface area contributed by atoms with Crippen LogP contribution in [0.4, 0.5) is 26.2 Å². The van der Waals surface area contributed by atoms with E-state index in [1.807, 2.05) is 24.0 Å². The average molecular weight is 509 g/mol. The lowest BCUT2D eigenvalue weighted by molar-refractivity contribution is -0.129. The monoisotopic (exact) mass is 508 g/mol. The van der Waals surface area contributed by atoms with Crippen LogP contribution in [0.15, 0.2) is 30.3 Å². The van der Waals surface area contributed by atoms with Gasteiger partial charge in [0.2, 0.25) is 5.91 Å². The number of halogens is 2. The molecule has 1 amide bonds. The van der Waals surface area contributed by atoms with Gasteiger partial charge in [-0.2, -0.15) is 15.1 Å². The maximum atomic E-state index is 15.2. The second kappa shape index (κ2) is 9.88. The molecular weight excluding hydrogens is 482 g/mol. The smallest absolute Gasteiger partial charge is 0.326 e. The summed E-state index contributed by atoms with van der Waals surface area (Å²) >= 11 is 0. The number of H-pyrrole nitrogens is 2. The van der Waals surface area contributed by atoms with Crippen LogP contribution in [0, 0.1) is 18.6 Å². The van der Waals surface area contributed by atoms with Crippen molar-refractivity contribution in [3.05, 3.63) is 53.4 Å². The highest BCUT2D eigenvalue weighted by Gasteiger charge is 2.22. The van der Waals surface area contributed by atoms with Crippen LogP contribution in [0.5, 0.6) is 11.8 Å². The normalized spacial score (nSPS) is 14.1. The molecule has 0 saturated carbocycles. The number of amides is 1. The Morgan fingerprint density at radius 2 is 1.89 bits per heavy atom. The molecule has 0 unspecified atom stereocenters. The Labute approximate surface area is 211 Å². The Morgan fingerprint density at radius 1 is 1.11 bits per heavy atom. The van der Waals surface area contributed by atoms with Crippen molar-refractivity contribution < 1.29 is 18.3 Å². The number of fused-ring (bicyclic) bond motifs is 1. The number of hydrogen-bond acceptors (Lipinski definition) is 7. The van der Waals surface area contributed by atoms with Crippen LogP contribution >= 0.6 is 0 Å². The molecule has 0 aliphatic carbocycles. The molecule has 1 aromatic carbocycles. The van der Waals surface area contributed by atoms with Gasteiger partial charge in [0.25, 0.3) is 0 Å². The lowest BCUT2D eigenvalue weighted by Gasteiger charge is -2.35. The molecule has 0 spiro atoms. The summed E-state index contributed by atoms with van der Waals surface area (Å²) in [6.07, 6.45) is 3.74. The number of allylic oxidation sites excluding steroid dienone is 1. The molecule has 10 nitrogen and oxygen atoms in total. The van der Waals surface area contributed by atoms with Crippen LogP contribution in [-0.4, -0.2) is 62.1 Å². The number of nitrogens with one attached hydrogen (secondary N) is 3. The van der Waals surface area contributed by atoms with Gasteiger partial charge >= 0.3 is 6.01 Å². The van der Waals surface area contributed by atoms with Crippen LogP contribution in [0.1, 0.15) is 25.2 Å². The summed E-state index contributed by atoms with van der Waals surface area (Å²) in [7, 11) is 0. The zero-order chi connectivity index (χ0) is 26.1. The molecule has 5 rings (SSSR count).